The second-order valence-corrected chi connectivity index (χ2v) is 10.6. The first kappa shape index (κ1) is 25.5. The molecule has 2 amide bonds. The topological polar surface area (TPSA) is 96.0 Å². The number of nitrogens with zero attached hydrogens (tertiary/aromatic N) is 2. The van der Waals surface area contributed by atoms with Gasteiger partial charge in [0.1, 0.15) is 11.8 Å². The Kier molecular flexibility index (Phi) is 7.49. The van der Waals surface area contributed by atoms with E-state index < -0.39 is 16.1 Å². The summed E-state index contributed by atoms with van der Waals surface area (Å²) in [6.45, 7) is 4.40. The zero-order valence-electron chi connectivity index (χ0n) is 20.7. The predicted octanol–water partition coefficient (Wildman–Crippen LogP) is 3.69. The Bertz CT molecular complexity index is 1380. The third-order valence-corrected chi connectivity index (χ3v) is 8.29. The van der Waals surface area contributed by atoms with Crippen molar-refractivity contribution in [1.82, 2.24) is 10.2 Å². The third-order valence-electron chi connectivity index (χ3n) is 6.44. The van der Waals surface area contributed by atoms with E-state index in [-0.39, 0.29) is 31.3 Å². The van der Waals surface area contributed by atoms with Crippen LogP contribution < -0.4 is 14.4 Å². The number of methoxy groups -OCH3 is 1. The van der Waals surface area contributed by atoms with Crippen LogP contribution in [0, 0.1) is 0 Å². The molecular formula is C27H31N3O5S. The maximum absolute atomic E-state index is 13.3. The quantitative estimate of drug-likeness (QED) is 0.450. The van der Waals surface area contributed by atoms with Gasteiger partial charge >= 0.3 is 0 Å². The van der Waals surface area contributed by atoms with Crippen LogP contribution >= 0.6 is 0 Å². The summed E-state index contributed by atoms with van der Waals surface area (Å²) < 4.78 is 33.1. The zero-order chi connectivity index (χ0) is 25.9. The van der Waals surface area contributed by atoms with Crippen LogP contribution in [0.2, 0.25) is 0 Å². The Labute approximate surface area is 211 Å². The molecule has 36 heavy (non-hydrogen) atoms. The van der Waals surface area contributed by atoms with E-state index in [0.29, 0.717) is 29.3 Å². The molecule has 3 aromatic carbocycles. The molecule has 1 aliphatic heterocycles. The maximum atomic E-state index is 13.3. The van der Waals surface area contributed by atoms with Crippen molar-refractivity contribution in [3.63, 3.8) is 0 Å². The Morgan fingerprint density at radius 3 is 2.53 bits per heavy atom. The number of carbonyl (C=O) groups is 2. The summed E-state index contributed by atoms with van der Waals surface area (Å²) in [4.78, 5) is 27.8. The lowest BCUT2D eigenvalue weighted by Crippen LogP contribution is -2.47. The normalized spacial score (nSPS) is 14.5. The molecule has 1 atom stereocenters. The minimum atomic E-state index is -3.68. The van der Waals surface area contributed by atoms with Gasteiger partial charge in [0.2, 0.25) is 11.8 Å². The average Bonchev–Trinajstić information content (AvgIpc) is 3.10. The van der Waals surface area contributed by atoms with Crippen LogP contribution in [0.4, 0.5) is 5.69 Å². The van der Waals surface area contributed by atoms with Crippen molar-refractivity contribution in [1.29, 1.82) is 0 Å². The molecule has 0 fully saturated rings. The molecule has 0 spiro atoms. The highest BCUT2D eigenvalue weighted by molar-refractivity contribution is 7.93. The Hall–Kier alpha value is -3.59. The number of ether oxygens (including phenoxy) is 1. The summed E-state index contributed by atoms with van der Waals surface area (Å²) in [5.74, 6) is 0.209. The number of benzene rings is 3. The molecule has 190 valence electrons. The molecule has 0 aromatic heterocycles. The Balaban J connectivity index is 1.50. The average molecular weight is 510 g/mol. The molecule has 0 saturated carbocycles. The van der Waals surface area contributed by atoms with Crippen molar-refractivity contribution in [2.45, 2.75) is 44.2 Å². The van der Waals surface area contributed by atoms with Gasteiger partial charge in [-0.15, -0.1) is 0 Å². The summed E-state index contributed by atoms with van der Waals surface area (Å²) in [6.07, 6.45) is 0.422. The zero-order valence-corrected chi connectivity index (χ0v) is 21.5. The van der Waals surface area contributed by atoms with Crippen molar-refractivity contribution < 1.29 is 22.7 Å². The molecule has 9 heteroatoms. The van der Waals surface area contributed by atoms with E-state index in [0.717, 1.165) is 16.3 Å². The summed E-state index contributed by atoms with van der Waals surface area (Å²) in [5.41, 5.74) is 1.47. The van der Waals surface area contributed by atoms with Gasteiger partial charge in [-0.1, -0.05) is 36.4 Å². The van der Waals surface area contributed by atoms with Crippen molar-refractivity contribution >= 4 is 38.3 Å². The number of nitrogens with one attached hydrogen (secondary N) is 1. The van der Waals surface area contributed by atoms with Gasteiger partial charge in [-0.25, -0.2) is 8.42 Å². The first-order valence-corrected chi connectivity index (χ1v) is 13.5. The van der Waals surface area contributed by atoms with Crippen LogP contribution in [-0.4, -0.2) is 51.4 Å². The molecule has 0 saturated heterocycles. The van der Waals surface area contributed by atoms with Gasteiger partial charge in [-0.2, -0.15) is 0 Å². The number of anilines is 1. The van der Waals surface area contributed by atoms with Gasteiger partial charge in [0, 0.05) is 31.4 Å². The lowest BCUT2D eigenvalue weighted by atomic mass is 10.1. The van der Waals surface area contributed by atoms with Crippen LogP contribution in [-0.2, 0) is 26.2 Å². The van der Waals surface area contributed by atoms with Gasteiger partial charge in [-0.05, 0) is 55.5 Å². The fraction of sp³-hybridized carbons (Fsp3) is 0.333. The number of amides is 2. The van der Waals surface area contributed by atoms with Gasteiger partial charge in [0.15, 0.2) is 0 Å². The fourth-order valence-corrected chi connectivity index (χ4v) is 6.34. The second kappa shape index (κ2) is 10.6. The largest absolute Gasteiger partial charge is 0.497 e. The summed E-state index contributed by atoms with van der Waals surface area (Å²) >= 11 is 0. The number of hydrogen-bond acceptors (Lipinski definition) is 5. The van der Waals surface area contributed by atoms with Crippen LogP contribution in [0.15, 0.2) is 65.6 Å². The van der Waals surface area contributed by atoms with Gasteiger partial charge in [-0.3, -0.25) is 13.9 Å². The number of likely N-dealkylation sites (N-methyl/N-ethyl adjacent to an activating group) is 1. The minimum absolute atomic E-state index is 0.103. The molecule has 1 heterocycles. The summed E-state index contributed by atoms with van der Waals surface area (Å²) in [5, 5.41) is 4.36. The lowest BCUT2D eigenvalue weighted by Gasteiger charge is -2.29. The number of carbonyl (C=O) groups excluding carboxylic acids is 2. The molecule has 0 bridgehead atoms. The van der Waals surface area contributed by atoms with Crippen molar-refractivity contribution in [2.24, 2.45) is 0 Å². The molecule has 3 aromatic rings. The van der Waals surface area contributed by atoms with Crippen LogP contribution in [0.5, 0.6) is 5.75 Å². The highest BCUT2D eigenvalue weighted by atomic mass is 32.2. The van der Waals surface area contributed by atoms with Crippen LogP contribution in [0.1, 0.15) is 32.3 Å². The van der Waals surface area contributed by atoms with E-state index in [9.17, 15) is 18.0 Å². The SMILES string of the molecule is CCNC(=O)[C@H](C)N(Cc1cccc(OC)c1)C(=O)CCCN1c2cccc3cccc(c23)S1(=O)=O. The fourth-order valence-electron chi connectivity index (χ4n) is 4.59. The molecule has 0 radical (unpaired) electrons. The van der Waals surface area contributed by atoms with Crippen LogP contribution in [0.25, 0.3) is 10.8 Å². The Morgan fingerprint density at radius 2 is 1.81 bits per heavy atom. The monoisotopic (exact) mass is 509 g/mol. The van der Waals surface area contributed by atoms with E-state index in [1.165, 1.54) is 9.21 Å². The molecule has 8 nitrogen and oxygen atoms in total. The standard InChI is InChI=1S/C27H31N3O5S/c1-4-28-27(32)19(2)29(18-20-9-5-12-22(17-20)35-3)25(31)15-8-16-30-23-13-6-10-21-11-7-14-24(26(21)23)36(30,33)34/h5-7,9-14,17,19H,4,8,15-16,18H2,1-3H3,(H,28,32)/t19-/m0/s1. The molecule has 4 rings (SSSR count). The van der Waals surface area contributed by atoms with Crippen molar-refractivity contribution in [2.75, 3.05) is 24.5 Å². The predicted molar refractivity (Wildman–Crippen MR) is 139 cm³/mol. The van der Waals surface area contributed by atoms with E-state index in [1.807, 2.05) is 49.4 Å². The van der Waals surface area contributed by atoms with Gasteiger partial charge < -0.3 is 15.0 Å². The van der Waals surface area contributed by atoms with Gasteiger partial charge in [0.05, 0.1) is 17.7 Å². The van der Waals surface area contributed by atoms with Crippen molar-refractivity contribution in [3.8, 4) is 5.75 Å². The van der Waals surface area contributed by atoms with Crippen LogP contribution in [0.3, 0.4) is 0 Å². The Morgan fingerprint density at radius 1 is 1.08 bits per heavy atom. The van der Waals surface area contributed by atoms with E-state index in [4.69, 9.17) is 4.74 Å². The number of sulfonamides is 1. The first-order valence-electron chi connectivity index (χ1n) is 12.0. The molecular weight excluding hydrogens is 478 g/mol. The van der Waals surface area contributed by atoms with E-state index in [1.54, 1.807) is 32.2 Å². The summed E-state index contributed by atoms with van der Waals surface area (Å²) in [7, 11) is -2.11. The first-order chi connectivity index (χ1) is 17.3. The molecule has 1 N–H and O–H groups in total. The smallest absolute Gasteiger partial charge is 0.265 e. The molecule has 1 aliphatic rings. The highest BCUT2D eigenvalue weighted by Gasteiger charge is 2.35. The van der Waals surface area contributed by atoms with E-state index in [2.05, 4.69) is 5.32 Å². The third kappa shape index (κ3) is 4.88. The number of hydrogen-bond donors (Lipinski definition) is 1. The highest BCUT2D eigenvalue weighted by Crippen LogP contribution is 2.42. The lowest BCUT2D eigenvalue weighted by molar-refractivity contribution is -0.140. The van der Waals surface area contributed by atoms with Gasteiger partial charge in [0.25, 0.3) is 10.0 Å². The van der Waals surface area contributed by atoms with E-state index >= 15 is 0 Å². The molecule has 0 unspecified atom stereocenters. The second-order valence-electron chi connectivity index (χ2n) is 8.76. The number of rotatable bonds is 10. The minimum Gasteiger partial charge on any atom is -0.497 e. The maximum Gasteiger partial charge on any atom is 0.265 e. The van der Waals surface area contributed by atoms with Crippen molar-refractivity contribution in [3.05, 3.63) is 66.2 Å². The summed E-state index contributed by atoms with van der Waals surface area (Å²) in [6, 6.07) is 17.5. The molecule has 0 aliphatic carbocycles.